The molecule has 0 aliphatic rings. The number of benzene rings is 1. The third-order valence-electron chi connectivity index (χ3n) is 2.91. The largest absolute Gasteiger partial charge is 0.758 e. The Hall–Kier alpha value is -2.40. The summed E-state index contributed by atoms with van der Waals surface area (Å²) in [5, 5.41) is 12.2. The Kier molecular flexibility index (Phi) is 4.32. The van der Waals surface area contributed by atoms with Gasteiger partial charge in [-0.05, 0) is 37.4 Å². The van der Waals surface area contributed by atoms with Crippen molar-refractivity contribution in [3.05, 3.63) is 59.1 Å². The van der Waals surface area contributed by atoms with Crippen molar-refractivity contribution in [2.24, 2.45) is 0 Å². The molecule has 2 aromatic rings. The molecule has 0 aliphatic heterocycles. The Balaban J connectivity index is 2.32. The zero-order valence-electron chi connectivity index (χ0n) is 11.4. The molecule has 0 saturated carbocycles. The number of Topliss-reactive ketones (excluding diaryl/α,β-unsaturated/α-hetero) is 1. The molecule has 20 heavy (non-hydrogen) atoms. The zero-order valence-corrected chi connectivity index (χ0v) is 11.4. The van der Waals surface area contributed by atoms with Crippen molar-refractivity contribution in [1.29, 1.82) is 0 Å². The van der Waals surface area contributed by atoms with Gasteiger partial charge in [0.15, 0.2) is 5.78 Å². The lowest BCUT2D eigenvalue weighted by molar-refractivity contribution is 0.0992. The van der Waals surface area contributed by atoms with E-state index >= 15 is 0 Å². The molecule has 1 heterocycles. The van der Waals surface area contributed by atoms with E-state index in [1.54, 1.807) is 36.5 Å². The maximum absolute atomic E-state index is 12.3. The number of aromatic nitrogens is 1. The van der Waals surface area contributed by atoms with Crippen LogP contribution in [0.3, 0.4) is 0 Å². The van der Waals surface area contributed by atoms with Crippen molar-refractivity contribution in [1.82, 2.24) is 4.98 Å². The van der Waals surface area contributed by atoms with Gasteiger partial charge < -0.3 is 15.0 Å². The predicted octanol–water partition coefficient (Wildman–Crippen LogP) is 2.45. The van der Waals surface area contributed by atoms with Crippen LogP contribution in [-0.2, 0) is 6.42 Å². The second-order valence-corrected chi connectivity index (χ2v) is 4.30. The summed E-state index contributed by atoms with van der Waals surface area (Å²) in [4.78, 5) is 16.5. The van der Waals surface area contributed by atoms with Crippen LogP contribution >= 0.6 is 0 Å². The highest BCUT2D eigenvalue weighted by molar-refractivity contribution is 6.02. The summed E-state index contributed by atoms with van der Waals surface area (Å²) in [5.41, 5.74) is 1.33. The fourth-order valence-corrected chi connectivity index (χ4v) is 1.90. The molecule has 0 radical (unpaired) electrons. The van der Waals surface area contributed by atoms with Gasteiger partial charge in [-0.2, -0.15) is 0 Å². The van der Waals surface area contributed by atoms with Crippen LogP contribution in [0.4, 0.5) is 5.69 Å². The SMILES string of the molecule is COc1ccc(N(C)[O-])c(C(=O)Cc2ccccn2)c1. The lowest BCUT2D eigenvalue weighted by Crippen LogP contribution is -2.14. The van der Waals surface area contributed by atoms with Gasteiger partial charge in [0.25, 0.3) is 0 Å². The van der Waals surface area contributed by atoms with Crippen LogP contribution in [0.25, 0.3) is 0 Å². The molecule has 2 rings (SSSR count). The van der Waals surface area contributed by atoms with Gasteiger partial charge in [0.2, 0.25) is 0 Å². The Morgan fingerprint density at radius 1 is 1.35 bits per heavy atom. The lowest BCUT2D eigenvalue weighted by atomic mass is 10.0. The maximum Gasteiger partial charge on any atom is 0.171 e. The van der Waals surface area contributed by atoms with Crippen LogP contribution in [-0.4, -0.2) is 24.9 Å². The van der Waals surface area contributed by atoms with E-state index in [9.17, 15) is 10.0 Å². The highest BCUT2D eigenvalue weighted by atomic mass is 16.5. The van der Waals surface area contributed by atoms with E-state index in [-0.39, 0.29) is 12.2 Å². The first-order valence-corrected chi connectivity index (χ1v) is 6.14. The Bertz CT molecular complexity index is 597. The van der Waals surface area contributed by atoms with Gasteiger partial charge >= 0.3 is 0 Å². The molecule has 0 aliphatic carbocycles. The Labute approximate surface area is 117 Å². The van der Waals surface area contributed by atoms with E-state index in [4.69, 9.17) is 4.74 Å². The molecule has 0 fully saturated rings. The number of rotatable bonds is 5. The molecule has 0 amide bonds. The number of carbonyl (C=O) groups is 1. The normalized spacial score (nSPS) is 10.2. The van der Waals surface area contributed by atoms with Crippen molar-refractivity contribution < 1.29 is 9.53 Å². The summed E-state index contributed by atoms with van der Waals surface area (Å²) in [6.07, 6.45) is 1.78. The van der Waals surface area contributed by atoms with Crippen LogP contribution in [0, 0.1) is 5.21 Å². The van der Waals surface area contributed by atoms with Crippen LogP contribution in [0.5, 0.6) is 5.75 Å². The summed E-state index contributed by atoms with van der Waals surface area (Å²) in [5.74, 6) is 0.375. The van der Waals surface area contributed by atoms with Gasteiger partial charge in [0.05, 0.1) is 13.5 Å². The molecule has 0 unspecified atom stereocenters. The van der Waals surface area contributed by atoms with Crippen LogP contribution < -0.4 is 9.80 Å². The van der Waals surface area contributed by atoms with Gasteiger partial charge in [-0.25, -0.2) is 0 Å². The zero-order chi connectivity index (χ0) is 14.5. The maximum atomic E-state index is 12.3. The number of methoxy groups -OCH3 is 1. The first kappa shape index (κ1) is 14.0. The fraction of sp³-hybridized carbons (Fsp3) is 0.200. The fourth-order valence-electron chi connectivity index (χ4n) is 1.90. The van der Waals surface area contributed by atoms with E-state index in [0.29, 0.717) is 27.8 Å². The summed E-state index contributed by atoms with van der Waals surface area (Å²) < 4.78 is 5.10. The highest BCUT2D eigenvalue weighted by Gasteiger charge is 2.14. The Morgan fingerprint density at radius 2 is 2.15 bits per heavy atom. The predicted molar refractivity (Wildman–Crippen MR) is 77.0 cm³/mol. The molecule has 0 N–H and O–H groups in total. The van der Waals surface area contributed by atoms with Gasteiger partial charge in [0, 0.05) is 23.1 Å². The van der Waals surface area contributed by atoms with E-state index in [1.807, 2.05) is 6.07 Å². The molecule has 1 aromatic carbocycles. The van der Waals surface area contributed by atoms with E-state index in [0.717, 1.165) is 0 Å². The molecule has 0 bridgehead atoms. The summed E-state index contributed by atoms with van der Waals surface area (Å²) in [7, 11) is 2.88. The van der Waals surface area contributed by atoms with E-state index in [1.165, 1.54) is 14.2 Å². The van der Waals surface area contributed by atoms with Crippen molar-refractivity contribution in [3.63, 3.8) is 0 Å². The molecular weight excluding hydrogens is 256 g/mol. The third-order valence-corrected chi connectivity index (χ3v) is 2.91. The first-order chi connectivity index (χ1) is 9.61. The minimum atomic E-state index is -0.166. The van der Waals surface area contributed by atoms with Gasteiger partial charge in [-0.15, -0.1) is 0 Å². The van der Waals surface area contributed by atoms with Crippen molar-refractivity contribution in [3.8, 4) is 5.75 Å². The molecule has 5 heteroatoms. The minimum absolute atomic E-state index is 0.148. The molecular formula is C15H15N2O3-. The molecule has 1 aromatic heterocycles. The second kappa shape index (κ2) is 6.16. The third kappa shape index (κ3) is 3.13. The standard InChI is InChI=1S/C15H15N2O3/c1-17(19)14-7-6-12(20-2)10-13(14)15(18)9-11-5-3-4-8-16-11/h3-8,10H,9H2,1-2H3/q-1. The van der Waals surface area contributed by atoms with Gasteiger partial charge in [-0.3, -0.25) is 9.78 Å². The number of ketones is 1. The molecule has 104 valence electrons. The number of hydrogen-bond donors (Lipinski definition) is 0. The Morgan fingerprint density at radius 3 is 2.75 bits per heavy atom. The number of pyridine rings is 1. The summed E-state index contributed by atoms with van der Waals surface area (Å²) >= 11 is 0. The number of anilines is 1. The smallest absolute Gasteiger partial charge is 0.171 e. The van der Waals surface area contributed by atoms with Crippen LogP contribution in [0.2, 0.25) is 0 Å². The number of hydrogen-bond acceptors (Lipinski definition) is 5. The molecule has 5 nitrogen and oxygen atoms in total. The summed E-state index contributed by atoms with van der Waals surface area (Å²) in [6, 6.07) is 10.2. The minimum Gasteiger partial charge on any atom is -0.758 e. The topological polar surface area (TPSA) is 65.5 Å². The average molecular weight is 271 g/mol. The van der Waals surface area contributed by atoms with Crippen LogP contribution in [0.1, 0.15) is 16.1 Å². The number of nitrogens with zero attached hydrogens (tertiary/aromatic N) is 2. The quantitative estimate of drug-likeness (QED) is 0.617. The monoisotopic (exact) mass is 271 g/mol. The van der Waals surface area contributed by atoms with Gasteiger partial charge in [0.1, 0.15) is 5.75 Å². The van der Waals surface area contributed by atoms with E-state index < -0.39 is 0 Å². The lowest BCUT2D eigenvalue weighted by Gasteiger charge is -2.27. The van der Waals surface area contributed by atoms with Crippen LogP contribution in [0.15, 0.2) is 42.6 Å². The first-order valence-electron chi connectivity index (χ1n) is 6.14. The number of carbonyl (C=O) groups excluding carboxylic acids is 1. The van der Waals surface area contributed by atoms with Gasteiger partial charge in [-0.1, -0.05) is 6.07 Å². The van der Waals surface area contributed by atoms with Crippen molar-refractivity contribution in [2.45, 2.75) is 6.42 Å². The molecule has 0 spiro atoms. The highest BCUT2D eigenvalue weighted by Crippen LogP contribution is 2.25. The van der Waals surface area contributed by atoms with Crippen molar-refractivity contribution in [2.75, 3.05) is 19.2 Å². The van der Waals surface area contributed by atoms with E-state index in [2.05, 4.69) is 4.98 Å². The second-order valence-electron chi connectivity index (χ2n) is 4.30. The number of hydroxylamine groups is 1. The summed E-state index contributed by atoms with van der Waals surface area (Å²) in [6.45, 7) is 0. The number of ether oxygens (including phenoxy) is 1. The molecule has 0 atom stereocenters. The average Bonchev–Trinajstić information content (AvgIpc) is 2.47. The van der Waals surface area contributed by atoms with Crippen molar-refractivity contribution >= 4 is 11.5 Å². The molecule has 0 saturated heterocycles.